The Hall–Kier alpha value is -5.20. The van der Waals surface area contributed by atoms with Crippen molar-refractivity contribution in [2.45, 2.75) is 25.4 Å². The predicted molar refractivity (Wildman–Crippen MR) is 159 cm³/mol. The molecule has 0 atom stereocenters. The van der Waals surface area contributed by atoms with E-state index in [0.29, 0.717) is 11.9 Å². The summed E-state index contributed by atoms with van der Waals surface area (Å²) in [7, 11) is 0. The number of fused-ring (bicyclic) bond motifs is 3. The number of hydrogen-bond acceptors (Lipinski definition) is 8. The first-order chi connectivity index (χ1) is 20.2. The van der Waals surface area contributed by atoms with E-state index in [9.17, 15) is 0 Å². The molecule has 9 heteroatoms. The molecule has 1 saturated heterocycles. The van der Waals surface area contributed by atoms with Crippen molar-refractivity contribution in [2.75, 3.05) is 18.4 Å². The number of rotatable bonds is 6. The Morgan fingerprint density at radius 1 is 0.854 bits per heavy atom. The van der Waals surface area contributed by atoms with Gasteiger partial charge in [-0.1, -0.05) is 54.6 Å². The summed E-state index contributed by atoms with van der Waals surface area (Å²) < 4.78 is 0. The maximum atomic E-state index is 9.04. The number of nitriles is 1. The number of nitrogens with zero attached hydrogens (tertiary/aromatic N) is 7. The lowest BCUT2D eigenvalue weighted by Crippen LogP contribution is -2.38. The third-order valence-electron chi connectivity index (χ3n) is 7.62. The minimum Gasteiger partial charge on any atom is -0.367 e. The van der Waals surface area contributed by atoms with E-state index in [1.807, 2.05) is 42.5 Å². The van der Waals surface area contributed by atoms with E-state index in [1.165, 1.54) is 5.56 Å². The summed E-state index contributed by atoms with van der Waals surface area (Å²) >= 11 is 0. The van der Waals surface area contributed by atoms with E-state index in [-0.39, 0.29) is 5.82 Å². The van der Waals surface area contributed by atoms with E-state index in [1.54, 1.807) is 12.5 Å². The summed E-state index contributed by atoms with van der Waals surface area (Å²) in [6, 6.07) is 27.2. The predicted octanol–water partition coefficient (Wildman–Crippen LogP) is 5.58. The SMILES string of the molecule is N#Cc1nccc(NC2CCN(Cc3ccc(-c4nc5c(ccc6ncnc65)[nH]c4-c4ccccc4)cc3)CC2)n1. The van der Waals surface area contributed by atoms with Gasteiger partial charge >= 0.3 is 0 Å². The summed E-state index contributed by atoms with van der Waals surface area (Å²) in [5, 5.41) is 12.5. The Kier molecular flexibility index (Phi) is 6.51. The number of hydrogen-bond donors (Lipinski definition) is 2. The summed E-state index contributed by atoms with van der Waals surface area (Å²) in [5.41, 5.74) is 8.66. The average molecular weight is 538 g/mol. The Balaban J connectivity index is 1.10. The number of piperidine rings is 1. The smallest absolute Gasteiger partial charge is 0.234 e. The van der Waals surface area contributed by atoms with E-state index in [0.717, 1.165) is 77.1 Å². The van der Waals surface area contributed by atoms with E-state index >= 15 is 0 Å². The molecule has 1 fully saturated rings. The first-order valence-electron chi connectivity index (χ1n) is 13.7. The third-order valence-corrected chi connectivity index (χ3v) is 7.62. The first kappa shape index (κ1) is 24.8. The number of nitrogens with one attached hydrogen (secondary N) is 2. The number of aromatic amines is 1. The fourth-order valence-electron chi connectivity index (χ4n) is 5.51. The molecule has 7 rings (SSSR count). The topological polar surface area (TPSA) is 119 Å². The second-order valence-electron chi connectivity index (χ2n) is 10.3. The average Bonchev–Trinajstić information content (AvgIpc) is 3.52. The van der Waals surface area contributed by atoms with Gasteiger partial charge in [0.05, 0.1) is 22.4 Å². The van der Waals surface area contributed by atoms with Crippen molar-refractivity contribution < 1.29 is 0 Å². The van der Waals surface area contributed by atoms with Crippen LogP contribution in [0.2, 0.25) is 0 Å². The van der Waals surface area contributed by atoms with E-state index in [4.69, 9.17) is 10.2 Å². The molecule has 3 aromatic carbocycles. The second kappa shape index (κ2) is 10.8. The molecule has 1 aliphatic heterocycles. The molecule has 0 aliphatic carbocycles. The van der Waals surface area contributed by atoms with Crippen molar-refractivity contribution in [2.24, 2.45) is 0 Å². The molecule has 9 nitrogen and oxygen atoms in total. The number of aromatic nitrogens is 6. The molecule has 41 heavy (non-hydrogen) atoms. The largest absolute Gasteiger partial charge is 0.367 e. The molecule has 0 saturated carbocycles. The molecule has 0 unspecified atom stereocenters. The Bertz CT molecular complexity index is 1870. The van der Waals surface area contributed by atoms with Crippen LogP contribution >= 0.6 is 0 Å². The van der Waals surface area contributed by atoms with Gasteiger partial charge in [-0.2, -0.15) is 5.26 Å². The number of imidazole rings is 1. The van der Waals surface area contributed by atoms with Crippen LogP contribution < -0.4 is 5.32 Å². The van der Waals surface area contributed by atoms with Gasteiger partial charge in [0.15, 0.2) is 0 Å². The van der Waals surface area contributed by atoms with Crippen molar-refractivity contribution >= 4 is 27.9 Å². The Labute approximate surface area is 237 Å². The maximum absolute atomic E-state index is 9.04. The summed E-state index contributed by atoms with van der Waals surface area (Å²) in [4.78, 5) is 28.3. The minimum atomic E-state index is 0.191. The Morgan fingerprint density at radius 3 is 2.49 bits per heavy atom. The van der Waals surface area contributed by atoms with Crippen molar-refractivity contribution in [1.82, 2.24) is 34.8 Å². The molecular weight excluding hydrogens is 510 g/mol. The van der Waals surface area contributed by atoms with Crippen LogP contribution in [-0.4, -0.2) is 53.9 Å². The highest BCUT2D eigenvalue weighted by Gasteiger charge is 2.20. The van der Waals surface area contributed by atoms with Crippen LogP contribution in [0.25, 0.3) is 44.6 Å². The zero-order valence-electron chi connectivity index (χ0n) is 22.3. The minimum absolute atomic E-state index is 0.191. The van der Waals surface area contributed by atoms with Gasteiger partial charge in [-0.3, -0.25) is 4.90 Å². The summed E-state index contributed by atoms with van der Waals surface area (Å²) in [5.74, 6) is 0.905. The van der Waals surface area contributed by atoms with Crippen molar-refractivity contribution in [3.8, 4) is 28.6 Å². The van der Waals surface area contributed by atoms with Crippen LogP contribution in [0.15, 0.2) is 85.3 Å². The van der Waals surface area contributed by atoms with Crippen LogP contribution in [0.4, 0.5) is 5.82 Å². The van der Waals surface area contributed by atoms with Crippen molar-refractivity contribution in [3.63, 3.8) is 0 Å². The van der Waals surface area contributed by atoms with Crippen LogP contribution in [-0.2, 0) is 6.54 Å². The van der Waals surface area contributed by atoms with Crippen molar-refractivity contribution in [1.29, 1.82) is 5.26 Å². The van der Waals surface area contributed by atoms with Gasteiger partial charge < -0.3 is 10.3 Å². The standard InChI is InChI=1S/C32H27N9/c33-18-28-34-15-12-27(39-28)37-24-13-16-41(17-14-24)19-21-6-8-23(9-7-21)30-29(22-4-2-1-3-5-22)38-26-11-10-25-31(32(26)40-30)36-20-35-25/h1-12,15,20,24,38H,13-14,16-17,19H2,(H,34,37,39). The Morgan fingerprint density at radius 2 is 1.68 bits per heavy atom. The molecule has 4 heterocycles. The zero-order valence-corrected chi connectivity index (χ0v) is 22.3. The van der Waals surface area contributed by atoms with Gasteiger partial charge in [-0.15, -0.1) is 0 Å². The lowest BCUT2D eigenvalue weighted by molar-refractivity contribution is 0.211. The monoisotopic (exact) mass is 537 g/mol. The lowest BCUT2D eigenvalue weighted by Gasteiger charge is -2.32. The number of likely N-dealkylation sites (tertiary alicyclic amines) is 1. The number of H-pyrrole nitrogens is 1. The molecule has 0 radical (unpaired) electrons. The van der Waals surface area contributed by atoms with Crippen LogP contribution in [0.1, 0.15) is 24.2 Å². The zero-order chi connectivity index (χ0) is 27.6. The number of benzene rings is 3. The highest BCUT2D eigenvalue weighted by molar-refractivity contribution is 6.01. The van der Waals surface area contributed by atoms with Crippen LogP contribution in [0, 0.1) is 11.3 Å². The molecule has 0 amide bonds. The normalized spacial score (nSPS) is 14.3. The highest BCUT2D eigenvalue weighted by atomic mass is 15.1. The van der Waals surface area contributed by atoms with E-state index < -0.39 is 0 Å². The molecule has 0 spiro atoms. The van der Waals surface area contributed by atoms with Gasteiger partial charge in [0.2, 0.25) is 5.82 Å². The first-order valence-corrected chi connectivity index (χ1v) is 13.7. The molecule has 0 bridgehead atoms. The molecule has 6 aromatic rings. The summed E-state index contributed by atoms with van der Waals surface area (Å²) in [6.45, 7) is 2.88. The number of anilines is 1. The van der Waals surface area contributed by atoms with E-state index in [2.05, 4.69) is 71.5 Å². The lowest BCUT2D eigenvalue weighted by atomic mass is 10.0. The van der Waals surface area contributed by atoms with Gasteiger partial charge in [-0.05, 0) is 36.6 Å². The maximum Gasteiger partial charge on any atom is 0.234 e. The molecule has 1 aliphatic rings. The molecule has 3 aromatic heterocycles. The second-order valence-corrected chi connectivity index (χ2v) is 10.3. The van der Waals surface area contributed by atoms with Gasteiger partial charge in [0.25, 0.3) is 0 Å². The molecule has 200 valence electrons. The molecular formula is C32H27N9. The quantitative estimate of drug-likeness (QED) is 0.283. The van der Waals surface area contributed by atoms with Gasteiger partial charge in [-0.25, -0.2) is 24.9 Å². The van der Waals surface area contributed by atoms with Crippen molar-refractivity contribution in [3.05, 3.63) is 96.7 Å². The summed E-state index contributed by atoms with van der Waals surface area (Å²) in [6.07, 6.45) is 5.24. The fourth-order valence-corrected chi connectivity index (χ4v) is 5.51. The highest BCUT2D eigenvalue weighted by Crippen LogP contribution is 2.33. The van der Waals surface area contributed by atoms with Crippen LogP contribution in [0.3, 0.4) is 0 Å². The van der Waals surface area contributed by atoms with Gasteiger partial charge in [0.1, 0.15) is 29.2 Å². The fraction of sp³-hybridized carbons (Fsp3) is 0.188. The third kappa shape index (κ3) is 5.09. The van der Waals surface area contributed by atoms with Gasteiger partial charge in [0, 0.05) is 43.0 Å². The van der Waals surface area contributed by atoms with Crippen LogP contribution in [0.5, 0.6) is 0 Å². The molecule has 2 N–H and O–H groups in total.